The van der Waals surface area contributed by atoms with Gasteiger partial charge in [-0.3, -0.25) is 14.4 Å². The molecule has 0 fully saturated rings. The van der Waals surface area contributed by atoms with Gasteiger partial charge in [-0.1, -0.05) is 60.7 Å². The standard InChI is InChI=1S/C31H27N3O4S/c1-31(15-24-20-7-3-5-9-22(20)26(31)23-10-6-4-8-21(23)24)29(37)34-30-33-25(17-39-30)27(35)28(36)32-16-18-11-13-19(38-2)14-12-18/h3-14,17,24,26H,15-16H2,1-2H3,(H,32,36)(H,33,34,37). The molecular weight excluding hydrogens is 510 g/mol. The number of hydrogen-bond donors (Lipinski definition) is 2. The molecule has 7 nitrogen and oxygen atoms in total. The minimum atomic E-state index is -0.751. The maximum absolute atomic E-state index is 13.8. The van der Waals surface area contributed by atoms with Gasteiger partial charge in [0, 0.05) is 23.8 Å². The van der Waals surface area contributed by atoms with Gasteiger partial charge in [-0.25, -0.2) is 4.98 Å². The minimum Gasteiger partial charge on any atom is -0.497 e. The number of Topliss-reactive ketones (excluding diaryl/α,β-unsaturated/α-hetero) is 1. The molecule has 2 amide bonds. The number of rotatable bonds is 7. The summed E-state index contributed by atoms with van der Waals surface area (Å²) in [5.41, 5.74) is 5.10. The van der Waals surface area contributed by atoms with Crippen molar-refractivity contribution in [2.75, 3.05) is 12.4 Å². The lowest BCUT2D eigenvalue weighted by atomic mass is 9.52. The Labute approximate surface area is 230 Å². The molecule has 7 rings (SSSR count). The Kier molecular flexibility index (Phi) is 6.27. The van der Waals surface area contributed by atoms with E-state index in [0.29, 0.717) is 17.3 Å². The molecule has 3 aliphatic carbocycles. The van der Waals surface area contributed by atoms with Crippen LogP contribution in [-0.4, -0.2) is 29.7 Å². The Hall–Kier alpha value is -4.30. The smallest absolute Gasteiger partial charge is 0.294 e. The first-order chi connectivity index (χ1) is 18.9. The molecular formula is C31H27N3O4S. The van der Waals surface area contributed by atoms with E-state index < -0.39 is 17.1 Å². The Bertz CT molecular complexity index is 1550. The largest absolute Gasteiger partial charge is 0.497 e. The lowest BCUT2D eigenvalue weighted by Gasteiger charge is -2.50. The van der Waals surface area contributed by atoms with E-state index in [1.165, 1.54) is 27.6 Å². The zero-order chi connectivity index (χ0) is 27.1. The van der Waals surface area contributed by atoms with Gasteiger partial charge in [-0.2, -0.15) is 0 Å². The summed E-state index contributed by atoms with van der Waals surface area (Å²) in [7, 11) is 1.58. The Morgan fingerprint density at radius 3 is 2.18 bits per heavy atom. The second kappa shape index (κ2) is 9.78. The lowest BCUT2D eigenvalue weighted by molar-refractivity contribution is -0.126. The molecule has 0 saturated carbocycles. The molecule has 2 N–H and O–H groups in total. The molecule has 0 spiro atoms. The number of amides is 2. The third-order valence-electron chi connectivity index (χ3n) is 7.92. The molecule has 2 bridgehead atoms. The van der Waals surface area contributed by atoms with Crippen LogP contribution in [0.4, 0.5) is 5.13 Å². The number of fused-ring (bicyclic) bond motifs is 1. The van der Waals surface area contributed by atoms with E-state index in [4.69, 9.17) is 4.74 Å². The van der Waals surface area contributed by atoms with Crippen molar-refractivity contribution in [3.05, 3.63) is 112 Å². The van der Waals surface area contributed by atoms with E-state index in [1.54, 1.807) is 19.2 Å². The van der Waals surface area contributed by atoms with Crippen molar-refractivity contribution in [1.29, 1.82) is 0 Å². The Balaban J connectivity index is 1.16. The predicted molar refractivity (Wildman–Crippen MR) is 149 cm³/mol. The normalized spacial score (nSPS) is 20.5. The molecule has 1 aromatic heterocycles. The average molecular weight is 538 g/mol. The minimum absolute atomic E-state index is 0.00791. The molecule has 3 aromatic carbocycles. The Morgan fingerprint density at radius 1 is 0.949 bits per heavy atom. The second-order valence-electron chi connectivity index (χ2n) is 10.2. The van der Waals surface area contributed by atoms with Crippen molar-refractivity contribution in [3.8, 4) is 5.75 Å². The predicted octanol–water partition coefficient (Wildman–Crippen LogP) is 5.28. The monoisotopic (exact) mass is 537 g/mol. The summed E-state index contributed by atoms with van der Waals surface area (Å²) in [6, 6.07) is 23.9. The molecule has 1 atom stereocenters. The molecule has 0 radical (unpaired) electrons. The van der Waals surface area contributed by atoms with Crippen LogP contribution in [0, 0.1) is 5.41 Å². The highest BCUT2D eigenvalue weighted by Crippen LogP contribution is 2.61. The summed E-state index contributed by atoms with van der Waals surface area (Å²) in [4.78, 5) is 43.3. The number of ether oxygens (including phenoxy) is 1. The molecule has 1 heterocycles. The van der Waals surface area contributed by atoms with Crippen molar-refractivity contribution >= 4 is 34.1 Å². The van der Waals surface area contributed by atoms with Crippen LogP contribution in [0.2, 0.25) is 0 Å². The number of aromatic nitrogens is 1. The van der Waals surface area contributed by atoms with Gasteiger partial charge in [0.25, 0.3) is 11.7 Å². The van der Waals surface area contributed by atoms with E-state index in [1.807, 2.05) is 31.2 Å². The summed E-state index contributed by atoms with van der Waals surface area (Å²) in [6.45, 7) is 2.21. The van der Waals surface area contributed by atoms with Crippen LogP contribution in [-0.2, 0) is 16.1 Å². The number of nitrogens with zero attached hydrogens (tertiary/aromatic N) is 1. The first-order valence-corrected chi connectivity index (χ1v) is 13.7. The van der Waals surface area contributed by atoms with E-state index >= 15 is 0 Å². The van der Waals surface area contributed by atoms with Crippen LogP contribution in [0.25, 0.3) is 0 Å². The van der Waals surface area contributed by atoms with Gasteiger partial charge in [0.1, 0.15) is 11.4 Å². The molecule has 3 aliphatic rings. The quantitative estimate of drug-likeness (QED) is 0.247. The van der Waals surface area contributed by atoms with Gasteiger partial charge >= 0.3 is 0 Å². The van der Waals surface area contributed by atoms with Gasteiger partial charge in [-0.15, -0.1) is 11.3 Å². The summed E-state index contributed by atoms with van der Waals surface area (Å²) < 4.78 is 5.13. The SMILES string of the molecule is COc1ccc(CNC(=O)C(=O)c2csc(NC(=O)C3(C)CC4c5ccccc5C3c3ccccc34)n2)cc1. The summed E-state index contributed by atoms with van der Waals surface area (Å²) in [6.07, 6.45) is 0.683. The highest BCUT2D eigenvalue weighted by Gasteiger charge is 2.54. The first-order valence-electron chi connectivity index (χ1n) is 12.8. The van der Waals surface area contributed by atoms with Crippen LogP contribution in [0.15, 0.2) is 78.2 Å². The van der Waals surface area contributed by atoms with E-state index in [9.17, 15) is 14.4 Å². The zero-order valence-corrected chi connectivity index (χ0v) is 22.4. The molecule has 0 aliphatic heterocycles. The van der Waals surface area contributed by atoms with E-state index in [0.717, 1.165) is 16.9 Å². The zero-order valence-electron chi connectivity index (χ0n) is 21.6. The second-order valence-corrected chi connectivity index (χ2v) is 11.1. The lowest BCUT2D eigenvalue weighted by Crippen LogP contribution is -2.47. The number of anilines is 1. The van der Waals surface area contributed by atoms with E-state index in [-0.39, 0.29) is 30.0 Å². The number of ketones is 1. The number of benzene rings is 3. The molecule has 0 saturated heterocycles. The number of thiazole rings is 1. The number of nitrogens with one attached hydrogen (secondary N) is 2. The molecule has 196 valence electrons. The van der Waals surface area contributed by atoms with Gasteiger partial charge in [0.15, 0.2) is 5.13 Å². The highest BCUT2D eigenvalue weighted by atomic mass is 32.1. The summed E-state index contributed by atoms with van der Waals surface area (Å²) >= 11 is 1.14. The fourth-order valence-electron chi connectivity index (χ4n) is 5.99. The average Bonchev–Trinajstić information content (AvgIpc) is 3.44. The van der Waals surface area contributed by atoms with Crippen LogP contribution >= 0.6 is 11.3 Å². The maximum Gasteiger partial charge on any atom is 0.294 e. The van der Waals surface area contributed by atoms with Gasteiger partial charge < -0.3 is 15.4 Å². The van der Waals surface area contributed by atoms with Crippen LogP contribution in [0.3, 0.4) is 0 Å². The molecule has 8 heteroatoms. The van der Waals surface area contributed by atoms with Gasteiger partial charge in [0.2, 0.25) is 5.91 Å². The van der Waals surface area contributed by atoms with Gasteiger partial charge in [0.05, 0.1) is 12.5 Å². The fourth-order valence-corrected chi connectivity index (χ4v) is 6.67. The van der Waals surface area contributed by atoms with Crippen LogP contribution in [0.5, 0.6) is 5.75 Å². The van der Waals surface area contributed by atoms with Gasteiger partial charge in [-0.05, 0) is 53.3 Å². The number of carbonyl (C=O) groups excluding carboxylic acids is 3. The topological polar surface area (TPSA) is 97.4 Å². The van der Waals surface area contributed by atoms with Crippen molar-refractivity contribution in [1.82, 2.24) is 10.3 Å². The van der Waals surface area contributed by atoms with Crippen molar-refractivity contribution in [3.63, 3.8) is 0 Å². The number of carbonyl (C=O) groups is 3. The third-order valence-corrected chi connectivity index (χ3v) is 8.68. The maximum atomic E-state index is 13.8. The molecule has 39 heavy (non-hydrogen) atoms. The fraction of sp³-hybridized carbons (Fsp3) is 0.226. The van der Waals surface area contributed by atoms with Crippen molar-refractivity contribution < 1.29 is 19.1 Å². The number of methoxy groups -OCH3 is 1. The first kappa shape index (κ1) is 25.0. The van der Waals surface area contributed by atoms with Crippen LogP contribution in [0.1, 0.15) is 63.5 Å². The van der Waals surface area contributed by atoms with Crippen LogP contribution < -0.4 is 15.4 Å². The molecule has 1 unspecified atom stereocenters. The highest BCUT2D eigenvalue weighted by molar-refractivity contribution is 7.14. The summed E-state index contributed by atoms with van der Waals surface area (Å²) in [5.74, 6) is -0.870. The number of hydrogen-bond acceptors (Lipinski definition) is 6. The van der Waals surface area contributed by atoms with E-state index in [2.05, 4.69) is 52.0 Å². The van der Waals surface area contributed by atoms with Crippen molar-refractivity contribution in [2.24, 2.45) is 5.41 Å². The third kappa shape index (κ3) is 4.30. The summed E-state index contributed by atoms with van der Waals surface area (Å²) in [5, 5.41) is 7.39. The van der Waals surface area contributed by atoms with Crippen molar-refractivity contribution in [2.45, 2.75) is 31.7 Å². The Morgan fingerprint density at radius 2 is 1.56 bits per heavy atom. The molecule has 4 aromatic rings.